The van der Waals surface area contributed by atoms with E-state index < -0.39 is 0 Å². The maximum absolute atomic E-state index is 2.51. The van der Waals surface area contributed by atoms with Crippen LogP contribution in [-0.2, 0) is 0 Å². The summed E-state index contributed by atoms with van der Waals surface area (Å²) in [5, 5.41) is 8.31. The third kappa shape index (κ3) is 3.30. The lowest BCUT2D eigenvalue weighted by atomic mass is 9.77. The van der Waals surface area contributed by atoms with E-state index in [4.69, 9.17) is 0 Å². The molecule has 0 saturated heterocycles. The predicted molar refractivity (Wildman–Crippen MR) is 164 cm³/mol. The summed E-state index contributed by atoms with van der Waals surface area (Å²) >= 11 is 0. The molecule has 0 aromatic heterocycles. The molecular formula is C38H30. The molecule has 4 aromatic carbocycles. The highest BCUT2D eigenvalue weighted by Crippen LogP contribution is 2.42. The second-order valence-corrected chi connectivity index (χ2v) is 11.0. The molecule has 4 aliphatic carbocycles. The smallest absolute Gasteiger partial charge is 0.0130 e. The Balaban J connectivity index is 1.47. The minimum absolute atomic E-state index is 0.455. The first-order valence-electron chi connectivity index (χ1n) is 14.1. The van der Waals surface area contributed by atoms with E-state index >= 15 is 0 Å². The van der Waals surface area contributed by atoms with Crippen LogP contribution in [-0.4, -0.2) is 0 Å². The molecule has 4 aliphatic rings. The molecule has 0 spiro atoms. The van der Waals surface area contributed by atoms with Crippen LogP contribution in [0.15, 0.2) is 103 Å². The minimum Gasteiger partial charge on any atom is -0.0842 e. The number of rotatable bonds is 2. The van der Waals surface area contributed by atoms with Crippen molar-refractivity contribution in [2.75, 3.05) is 0 Å². The Bertz CT molecular complexity index is 1930. The molecule has 0 radical (unpaired) electrons. The number of fused-ring (bicyclic) bond motifs is 6. The lowest BCUT2D eigenvalue weighted by molar-refractivity contribution is 0.812. The molecule has 1 atom stereocenters. The Morgan fingerprint density at radius 1 is 0.658 bits per heavy atom. The summed E-state index contributed by atoms with van der Waals surface area (Å²) in [6.45, 7) is 0. The Morgan fingerprint density at radius 3 is 2.32 bits per heavy atom. The molecule has 0 saturated carbocycles. The van der Waals surface area contributed by atoms with Crippen molar-refractivity contribution in [1.29, 1.82) is 0 Å². The molecule has 0 bridgehead atoms. The number of hydrogen-bond acceptors (Lipinski definition) is 0. The summed E-state index contributed by atoms with van der Waals surface area (Å²) in [7, 11) is 0. The van der Waals surface area contributed by atoms with Crippen LogP contribution in [0.2, 0.25) is 0 Å². The average Bonchev–Trinajstić information content (AvgIpc) is 2.99. The molecule has 0 heterocycles. The number of allylic oxidation sites excluding steroid dienone is 9. The van der Waals surface area contributed by atoms with Crippen molar-refractivity contribution in [2.45, 2.75) is 38.0 Å². The zero-order valence-corrected chi connectivity index (χ0v) is 21.6. The monoisotopic (exact) mass is 486 g/mol. The van der Waals surface area contributed by atoms with E-state index in [0.717, 1.165) is 32.1 Å². The van der Waals surface area contributed by atoms with E-state index in [9.17, 15) is 0 Å². The van der Waals surface area contributed by atoms with Crippen LogP contribution in [0.5, 0.6) is 0 Å². The summed E-state index contributed by atoms with van der Waals surface area (Å²) < 4.78 is 0. The van der Waals surface area contributed by atoms with Crippen molar-refractivity contribution in [3.8, 4) is 11.1 Å². The Kier molecular flexibility index (Phi) is 5.01. The lowest BCUT2D eigenvalue weighted by Crippen LogP contribution is -2.33. The van der Waals surface area contributed by atoms with Gasteiger partial charge in [0.05, 0.1) is 0 Å². The van der Waals surface area contributed by atoms with Crippen molar-refractivity contribution < 1.29 is 0 Å². The first-order chi connectivity index (χ1) is 18.9. The summed E-state index contributed by atoms with van der Waals surface area (Å²) in [5.74, 6) is 0.455. The van der Waals surface area contributed by atoms with Crippen LogP contribution >= 0.6 is 0 Å². The van der Waals surface area contributed by atoms with Gasteiger partial charge < -0.3 is 0 Å². The molecule has 0 fully saturated rings. The van der Waals surface area contributed by atoms with Gasteiger partial charge in [-0.05, 0) is 115 Å². The van der Waals surface area contributed by atoms with Crippen LogP contribution in [0.25, 0.3) is 56.5 Å². The first-order valence-corrected chi connectivity index (χ1v) is 14.1. The highest BCUT2D eigenvalue weighted by molar-refractivity contribution is 6.09. The van der Waals surface area contributed by atoms with E-state index in [1.165, 1.54) is 70.9 Å². The van der Waals surface area contributed by atoms with Gasteiger partial charge in [-0.1, -0.05) is 103 Å². The maximum Gasteiger partial charge on any atom is 0.0130 e. The highest BCUT2D eigenvalue weighted by Gasteiger charge is 2.24. The molecule has 0 amide bonds. The fraction of sp³-hybridized carbons (Fsp3) is 0.158. The molecule has 182 valence electrons. The third-order valence-electron chi connectivity index (χ3n) is 8.88. The summed E-state index contributed by atoms with van der Waals surface area (Å²) in [4.78, 5) is 0. The van der Waals surface area contributed by atoms with Crippen LogP contribution in [0.3, 0.4) is 0 Å². The van der Waals surface area contributed by atoms with Crippen LogP contribution in [0, 0.1) is 0 Å². The van der Waals surface area contributed by atoms with Crippen molar-refractivity contribution in [1.82, 2.24) is 0 Å². The normalized spacial score (nSPS) is 19.2. The number of hydrogen-bond donors (Lipinski definition) is 0. The van der Waals surface area contributed by atoms with E-state index in [0.29, 0.717) is 5.92 Å². The van der Waals surface area contributed by atoms with Gasteiger partial charge in [-0.25, -0.2) is 0 Å². The maximum atomic E-state index is 2.51. The molecule has 0 nitrogen and oxygen atoms in total. The predicted octanol–water partition coefficient (Wildman–Crippen LogP) is 8.74. The second-order valence-electron chi connectivity index (χ2n) is 11.0. The first kappa shape index (κ1) is 21.9. The van der Waals surface area contributed by atoms with Gasteiger partial charge >= 0.3 is 0 Å². The van der Waals surface area contributed by atoms with Gasteiger partial charge in [0.15, 0.2) is 0 Å². The Morgan fingerprint density at radius 2 is 1.47 bits per heavy atom. The second kappa shape index (κ2) is 8.71. The Hall–Kier alpha value is -4.16. The molecular weight excluding hydrogens is 456 g/mol. The highest BCUT2D eigenvalue weighted by atomic mass is 14.3. The molecule has 8 rings (SSSR count). The average molecular weight is 487 g/mol. The standard InChI is InChI=1S/C38H30/c1-2-12-26(13-3-1)37-30-16-6-8-18-32(30)38(33-19-9-7-17-31(33)37)34-20-10-14-27-23-28-22-21-25-11-4-5-15-29(25)35(28)24-36(27)34/h1-2,4-6,8,10-12,14,16-24,29H,3,7,9,13,15H2. The molecule has 0 aliphatic heterocycles. The topological polar surface area (TPSA) is 0 Å². The Labute approximate surface area is 224 Å². The SMILES string of the molecule is C1=CCCC(c2c3c(c(-c4cccc5cc6c(cc45)C4CC=CC=C4C=C6)c4ccccc24)=CCCC=3)=C1. The molecule has 38 heavy (non-hydrogen) atoms. The van der Waals surface area contributed by atoms with Gasteiger partial charge in [0.1, 0.15) is 0 Å². The van der Waals surface area contributed by atoms with Crippen LogP contribution in [0.1, 0.15) is 54.7 Å². The summed E-state index contributed by atoms with van der Waals surface area (Å²) in [6, 6.07) is 20.9. The summed E-state index contributed by atoms with van der Waals surface area (Å²) in [5.41, 5.74) is 9.95. The van der Waals surface area contributed by atoms with Gasteiger partial charge in [0, 0.05) is 5.92 Å². The molecule has 0 heteroatoms. The van der Waals surface area contributed by atoms with Crippen LogP contribution < -0.4 is 10.4 Å². The van der Waals surface area contributed by atoms with Crippen molar-refractivity contribution in [3.63, 3.8) is 0 Å². The summed E-state index contributed by atoms with van der Waals surface area (Å²) in [6.07, 6.45) is 28.8. The molecule has 1 unspecified atom stereocenters. The zero-order chi connectivity index (χ0) is 25.1. The number of benzene rings is 4. The molecule has 0 N–H and O–H groups in total. The van der Waals surface area contributed by atoms with Gasteiger partial charge in [0.25, 0.3) is 0 Å². The quantitative estimate of drug-likeness (QED) is 0.266. The zero-order valence-electron chi connectivity index (χ0n) is 21.6. The van der Waals surface area contributed by atoms with Gasteiger partial charge in [-0.2, -0.15) is 0 Å². The lowest BCUT2D eigenvalue weighted by Gasteiger charge is -2.26. The van der Waals surface area contributed by atoms with E-state index in [1.807, 2.05) is 0 Å². The van der Waals surface area contributed by atoms with Gasteiger partial charge in [-0.15, -0.1) is 0 Å². The van der Waals surface area contributed by atoms with Crippen molar-refractivity contribution in [2.24, 2.45) is 0 Å². The van der Waals surface area contributed by atoms with E-state index in [1.54, 1.807) is 0 Å². The molecule has 4 aromatic rings. The third-order valence-corrected chi connectivity index (χ3v) is 8.88. The van der Waals surface area contributed by atoms with E-state index in [-0.39, 0.29) is 0 Å². The van der Waals surface area contributed by atoms with Crippen molar-refractivity contribution in [3.05, 3.63) is 130 Å². The van der Waals surface area contributed by atoms with Gasteiger partial charge in [-0.3, -0.25) is 0 Å². The minimum atomic E-state index is 0.455. The van der Waals surface area contributed by atoms with Crippen LogP contribution in [0.4, 0.5) is 0 Å². The largest absolute Gasteiger partial charge is 0.0842 e. The van der Waals surface area contributed by atoms with Gasteiger partial charge in [0.2, 0.25) is 0 Å². The fourth-order valence-corrected chi connectivity index (χ4v) is 7.14. The van der Waals surface area contributed by atoms with E-state index in [2.05, 4.69) is 115 Å². The van der Waals surface area contributed by atoms with Crippen molar-refractivity contribution >= 4 is 45.3 Å². The fourth-order valence-electron chi connectivity index (χ4n) is 7.14.